The van der Waals surface area contributed by atoms with Crippen LogP contribution in [0.2, 0.25) is 0 Å². The Hall–Kier alpha value is -3.22. The van der Waals surface area contributed by atoms with Crippen molar-refractivity contribution in [2.24, 2.45) is 5.92 Å². The van der Waals surface area contributed by atoms with E-state index in [1.807, 2.05) is 12.1 Å². The fourth-order valence-electron chi connectivity index (χ4n) is 4.31. The highest BCUT2D eigenvalue weighted by Gasteiger charge is 2.39. The van der Waals surface area contributed by atoms with Gasteiger partial charge in [-0.25, -0.2) is 0 Å². The van der Waals surface area contributed by atoms with E-state index in [4.69, 9.17) is 14.2 Å². The second-order valence-electron chi connectivity index (χ2n) is 6.96. The molecule has 0 saturated heterocycles. The summed E-state index contributed by atoms with van der Waals surface area (Å²) >= 11 is 0. The lowest BCUT2D eigenvalue weighted by Crippen LogP contribution is -2.29. The van der Waals surface area contributed by atoms with Gasteiger partial charge >= 0.3 is 0 Å². The number of non-ortho nitro benzene ring substituents is 1. The largest absolute Gasteiger partial charge is 0.493 e. The Balaban J connectivity index is 1.79. The lowest BCUT2D eigenvalue weighted by atomic mass is 9.77. The van der Waals surface area contributed by atoms with E-state index >= 15 is 0 Å². The van der Waals surface area contributed by atoms with Gasteiger partial charge in [-0.05, 0) is 41.7 Å². The molecule has 2 aliphatic rings. The number of methoxy groups -OCH3 is 3. The molecule has 0 spiro atoms. The second-order valence-corrected chi connectivity index (χ2v) is 6.96. The lowest BCUT2D eigenvalue weighted by molar-refractivity contribution is -0.384. The zero-order valence-electron chi connectivity index (χ0n) is 16.0. The van der Waals surface area contributed by atoms with E-state index < -0.39 is 0 Å². The number of nitro benzene ring substituents is 1. The van der Waals surface area contributed by atoms with Crippen molar-refractivity contribution in [3.8, 4) is 17.2 Å². The fourth-order valence-corrected chi connectivity index (χ4v) is 4.31. The van der Waals surface area contributed by atoms with Crippen LogP contribution in [0.4, 0.5) is 11.4 Å². The summed E-state index contributed by atoms with van der Waals surface area (Å²) in [5.74, 6) is 2.14. The molecule has 4 rings (SSSR count). The van der Waals surface area contributed by atoms with Gasteiger partial charge in [0.1, 0.15) is 0 Å². The third-order valence-electron chi connectivity index (χ3n) is 5.60. The Morgan fingerprint density at radius 3 is 2.39 bits per heavy atom. The number of nitrogens with one attached hydrogen (secondary N) is 1. The first-order chi connectivity index (χ1) is 13.6. The molecule has 1 N–H and O–H groups in total. The first-order valence-corrected chi connectivity index (χ1v) is 9.08. The van der Waals surface area contributed by atoms with Crippen LogP contribution in [0.1, 0.15) is 29.5 Å². The quantitative estimate of drug-likeness (QED) is 0.467. The summed E-state index contributed by atoms with van der Waals surface area (Å²) in [7, 11) is 4.78. The van der Waals surface area contributed by atoms with Crippen molar-refractivity contribution in [1.82, 2.24) is 0 Å². The Morgan fingerprint density at radius 1 is 1.07 bits per heavy atom. The minimum atomic E-state index is -0.348. The van der Waals surface area contributed by atoms with Crippen LogP contribution in [0.25, 0.3) is 0 Å². The molecule has 0 bridgehead atoms. The number of rotatable bonds is 5. The number of anilines is 1. The number of allylic oxidation sites excluding steroid dienone is 2. The Bertz CT molecular complexity index is 931. The average Bonchev–Trinajstić information content (AvgIpc) is 3.21. The summed E-state index contributed by atoms with van der Waals surface area (Å²) in [6.07, 6.45) is 5.19. The molecule has 1 heterocycles. The van der Waals surface area contributed by atoms with Gasteiger partial charge in [-0.3, -0.25) is 10.1 Å². The summed E-state index contributed by atoms with van der Waals surface area (Å²) in [5, 5.41) is 14.8. The van der Waals surface area contributed by atoms with Gasteiger partial charge in [0.2, 0.25) is 5.75 Å². The van der Waals surface area contributed by atoms with E-state index in [0.29, 0.717) is 17.2 Å². The number of nitrogens with zero attached hydrogens (tertiary/aromatic N) is 1. The molecular weight excluding hydrogens is 360 g/mol. The first kappa shape index (κ1) is 18.2. The average molecular weight is 382 g/mol. The van der Waals surface area contributed by atoms with Gasteiger partial charge in [0.05, 0.1) is 32.3 Å². The van der Waals surface area contributed by atoms with Crippen LogP contribution in [0.15, 0.2) is 42.5 Å². The van der Waals surface area contributed by atoms with E-state index in [1.54, 1.807) is 33.5 Å². The van der Waals surface area contributed by atoms with Gasteiger partial charge in [-0.1, -0.05) is 12.2 Å². The molecule has 0 radical (unpaired) electrons. The predicted octanol–water partition coefficient (Wildman–Crippen LogP) is 4.45. The number of hydrogen-bond acceptors (Lipinski definition) is 6. The van der Waals surface area contributed by atoms with Gasteiger partial charge < -0.3 is 19.5 Å². The normalized spacial score (nSPS) is 22.0. The topological polar surface area (TPSA) is 82.9 Å². The first-order valence-electron chi connectivity index (χ1n) is 9.08. The van der Waals surface area contributed by atoms with E-state index in [9.17, 15) is 10.1 Å². The van der Waals surface area contributed by atoms with Crippen LogP contribution in [0.5, 0.6) is 17.2 Å². The molecule has 0 fully saturated rings. The SMILES string of the molecule is COc1cc([C@@H]2Nc3ccc([N+](=O)[O-])cc3[C@H]3C=CC[C@@H]32)cc(OC)c1OC. The molecule has 3 atom stereocenters. The smallest absolute Gasteiger partial charge is 0.269 e. The van der Waals surface area contributed by atoms with E-state index in [-0.39, 0.29) is 28.5 Å². The van der Waals surface area contributed by atoms with Crippen LogP contribution in [0, 0.1) is 16.0 Å². The van der Waals surface area contributed by atoms with Crippen LogP contribution in [0.3, 0.4) is 0 Å². The van der Waals surface area contributed by atoms with Gasteiger partial charge in [0.15, 0.2) is 11.5 Å². The van der Waals surface area contributed by atoms with E-state index in [2.05, 4.69) is 17.5 Å². The third kappa shape index (κ3) is 2.83. The van der Waals surface area contributed by atoms with Crippen molar-refractivity contribution >= 4 is 11.4 Å². The van der Waals surface area contributed by atoms with Crippen LogP contribution < -0.4 is 19.5 Å². The molecule has 1 aliphatic heterocycles. The Morgan fingerprint density at radius 2 is 1.79 bits per heavy atom. The van der Waals surface area contributed by atoms with Crippen molar-refractivity contribution in [1.29, 1.82) is 0 Å². The molecule has 2 aromatic carbocycles. The molecule has 7 nitrogen and oxygen atoms in total. The number of benzene rings is 2. The summed E-state index contributed by atoms with van der Waals surface area (Å²) in [6.45, 7) is 0. The van der Waals surface area contributed by atoms with Crippen molar-refractivity contribution in [2.45, 2.75) is 18.4 Å². The molecule has 2 aromatic rings. The second kappa shape index (κ2) is 7.07. The van der Waals surface area contributed by atoms with E-state index in [0.717, 1.165) is 23.2 Å². The number of ether oxygens (including phenoxy) is 3. The number of nitro groups is 1. The standard InChI is InChI=1S/C21H22N2O5/c1-26-18-9-12(10-19(27-2)21(18)28-3)20-15-6-4-5-14(15)16-11-13(23(24)25)7-8-17(16)22-20/h4-5,7-11,14-15,20,22H,6H2,1-3H3/t14-,15-,20-/m0/s1. The third-order valence-corrected chi connectivity index (χ3v) is 5.60. The van der Waals surface area contributed by atoms with Gasteiger partial charge in [0, 0.05) is 23.7 Å². The maximum atomic E-state index is 11.2. The van der Waals surface area contributed by atoms with Gasteiger partial charge in [0.25, 0.3) is 5.69 Å². The number of fused-ring (bicyclic) bond motifs is 3. The zero-order valence-corrected chi connectivity index (χ0v) is 16.0. The Labute approximate surface area is 163 Å². The number of hydrogen-bond donors (Lipinski definition) is 1. The monoisotopic (exact) mass is 382 g/mol. The van der Waals surface area contributed by atoms with Gasteiger partial charge in [-0.2, -0.15) is 0 Å². The van der Waals surface area contributed by atoms with Crippen LogP contribution in [-0.2, 0) is 0 Å². The maximum Gasteiger partial charge on any atom is 0.269 e. The fraction of sp³-hybridized carbons (Fsp3) is 0.333. The lowest BCUT2D eigenvalue weighted by Gasteiger charge is -2.37. The molecular formula is C21H22N2O5. The molecule has 0 unspecified atom stereocenters. The summed E-state index contributed by atoms with van der Waals surface area (Å²) in [6, 6.07) is 8.96. The zero-order chi connectivity index (χ0) is 19.8. The van der Waals surface area contributed by atoms with Crippen molar-refractivity contribution in [2.75, 3.05) is 26.6 Å². The molecule has 7 heteroatoms. The van der Waals surface area contributed by atoms with E-state index in [1.165, 1.54) is 6.07 Å². The predicted molar refractivity (Wildman–Crippen MR) is 106 cm³/mol. The highest BCUT2D eigenvalue weighted by molar-refractivity contribution is 5.64. The van der Waals surface area contributed by atoms with Crippen LogP contribution >= 0.6 is 0 Å². The Kier molecular flexibility index (Phi) is 4.58. The highest BCUT2D eigenvalue weighted by atomic mass is 16.6. The molecule has 0 saturated carbocycles. The summed E-state index contributed by atoms with van der Waals surface area (Å²) in [4.78, 5) is 10.8. The van der Waals surface area contributed by atoms with Crippen LogP contribution in [-0.4, -0.2) is 26.3 Å². The summed E-state index contributed by atoms with van der Waals surface area (Å²) in [5.41, 5.74) is 3.02. The molecule has 0 amide bonds. The minimum absolute atomic E-state index is 0.0164. The molecule has 146 valence electrons. The van der Waals surface area contributed by atoms with Crippen molar-refractivity contribution in [3.05, 3.63) is 63.7 Å². The van der Waals surface area contributed by atoms with Gasteiger partial charge in [-0.15, -0.1) is 0 Å². The van der Waals surface area contributed by atoms with Crippen molar-refractivity contribution < 1.29 is 19.1 Å². The maximum absolute atomic E-state index is 11.2. The molecule has 0 aromatic heterocycles. The van der Waals surface area contributed by atoms with Crippen molar-refractivity contribution in [3.63, 3.8) is 0 Å². The molecule has 1 aliphatic carbocycles. The highest BCUT2D eigenvalue weighted by Crippen LogP contribution is 2.52. The molecule has 28 heavy (non-hydrogen) atoms. The minimum Gasteiger partial charge on any atom is -0.493 e. The summed E-state index contributed by atoms with van der Waals surface area (Å²) < 4.78 is 16.5.